The van der Waals surface area contributed by atoms with Crippen LogP contribution < -0.4 is 5.32 Å². The highest BCUT2D eigenvalue weighted by molar-refractivity contribution is 8.00. The predicted molar refractivity (Wildman–Crippen MR) is 87.5 cm³/mol. The summed E-state index contributed by atoms with van der Waals surface area (Å²) in [6, 6.07) is 3.32. The summed E-state index contributed by atoms with van der Waals surface area (Å²) in [5.74, 6) is 1.01. The van der Waals surface area contributed by atoms with Crippen LogP contribution in [0.3, 0.4) is 0 Å². The number of carbonyl (C=O) groups excluding carboxylic acids is 1. The second kappa shape index (κ2) is 7.29. The molecular formula is C14H16ClN5O2S. The Kier molecular flexibility index (Phi) is 5.14. The van der Waals surface area contributed by atoms with Crippen molar-refractivity contribution in [1.29, 1.82) is 0 Å². The number of halogens is 1. The number of nitrogens with one attached hydrogen (secondary N) is 2. The van der Waals surface area contributed by atoms with Crippen molar-refractivity contribution < 1.29 is 9.53 Å². The fraction of sp³-hybridized carbons (Fsp3) is 0.429. The third-order valence-corrected chi connectivity index (χ3v) is 4.53. The summed E-state index contributed by atoms with van der Waals surface area (Å²) in [4.78, 5) is 20.6. The van der Waals surface area contributed by atoms with E-state index in [1.807, 2.05) is 0 Å². The van der Waals surface area contributed by atoms with Crippen LogP contribution in [0.15, 0.2) is 23.5 Å². The van der Waals surface area contributed by atoms with E-state index in [4.69, 9.17) is 16.3 Å². The minimum Gasteiger partial charge on any atom is -0.370 e. The molecule has 3 rings (SSSR count). The maximum atomic E-state index is 12.2. The molecule has 3 heterocycles. The van der Waals surface area contributed by atoms with Crippen molar-refractivity contribution in [3.8, 4) is 0 Å². The molecule has 0 aromatic carbocycles. The summed E-state index contributed by atoms with van der Waals surface area (Å²) in [6.07, 6.45) is 3.44. The fourth-order valence-corrected chi connectivity index (χ4v) is 2.98. The van der Waals surface area contributed by atoms with Crippen LogP contribution in [-0.2, 0) is 9.53 Å². The molecule has 1 aliphatic rings. The first-order chi connectivity index (χ1) is 11.1. The molecule has 2 aromatic rings. The van der Waals surface area contributed by atoms with E-state index in [1.54, 1.807) is 19.1 Å². The molecule has 122 valence electrons. The van der Waals surface area contributed by atoms with Gasteiger partial charge in [-0.25, -0.2) is 9.97 Å². The molecule has 1 amide bonds. The quantitative estimate of drug-likeness (QED) is 0.803. The van der Waals surface area contributed by atoms with E-state index >= 15 is 0 Å². The summed E-state index contributed by atoms with van der Waals surface area (Å²) < 4.78 is 5.55. The van der Waals surface area contributed by atoms with E-state index < -0.39 is 0 Å². The number of amides is 1. The molecule has 1 fully saturated rings. The second-order valence-corrected chi connectivity index (χ2v) is 6.86. The van der Waals surface area contributed by atoms with Crippen molar-refractivity contribution in [3.05, 3.63) is 29.2 Å². The van der Waals surface area contributed by atoms with Gasteiger partial charge in [-0.05, 0) is 31.9 Å². The van der Waals surface area contributed by atoms with Gasteiger partial charge in [-0.2, -0.15) is 0 Å². The van der Waals surface area contributed by atoms with Gasteiger partial charge >= 0.3 is 0 Å². The minimum atomic E-state index is -0.361. The van der Waals surface area contributed by atoms with Gasteiger partial charge in [-0.3, -0.25) is 9.89 Å². The molecule has 23 heavy (non-hydrogen) atoms. The first-order valence-electron chi connectivity index (χ1n) is 7.25. The first kappa shape index (κ1) is 16.2. The first-order valence-corrected chi connectivity index (χ1v) is 8.50. The van der Waals surface area contributed by atoms with Crippen molar-refractivity contribution in [3.63, 3.8) is 0 Å². The Morgan fingerprint density at radius 3 is 3.13 bits per heavy atom. The van der Waals surface area contributed by atoms with Gasteiger partial charge in [-0.1, -0.05) is 23.4 Å². The van der Waals surface area contributed by atoms with Crippen LogP contribution in [0.25, 0.3) is 0 Å². The van der Waals surface area contributed by atoms with Crippen LogP contribution >= 0.6 is 23.4 Å². The monoisotopic (exact) mass is 353 g/mol. The number of thioether (sulfide) groups is 1. The minimum absolute atomic E-state index is 0.0146. The van der Waals surface area contributed by atoms with Crippen LogP contribution in [0.1, 0.15) is 31.7 Å². The Balaban J connectivity index is 1.56. The van der Waals surface area contributed by atoms with Gasteiger partial charge in [0, 0.05) is 12.8 Å². The maximum Gasteiger partial charge on any atom is 0.238 e. The number of nitrogens with zero attached hydrogens (tertiary/aromatic N) is 3. The fourth-order valence-electron chi connectivity index (χ4n) is 2.14. The van der Waals surface area contributed by atoms with Gasteiger partial charge in [0.1, 0.15) is 11.9 Å². The van der Waals surface area contributed by atoms with Crippen molar-refractivity contribution in [2.24, 2.45) is 0 Å². The van der Waals surface area contributed by atoms with E-state index in [1.165, 1.54) is 18.0 Å². The number of carbonyl (C=O) groups is 1. The van der Waals surface area contributed by atoms with Gasteiger partial charge in [0.05, 0.1) is 10.3 Å². The highest BCUT2D eigenvalue weighted by Gasteiger charge is 2.23. The molecule has 0 saturated carbocycles. The maximum absolute atomic E-state index is 12.2. The van der Waals surface area contributed by atoms with Crippen molar-refractivity contribution in [2.45, 2.75) is 36.3 Å². The standard InChI is InChI=1S/C14H16ClN5O2S/c1-8(13(21)17-11-5-4-9(15)7-16-11)23-14-18-12(19-20-14)10-3-2-6-22-10/h4-5,7-8,10H,2-3,6H2,1H3,(H,16,17,21)(H,18,19,20)/t8-,10+/m1/s1. The van der Waals surface area contributed by atoms with Crippen LogP contribution in [0.5, 0.6) is 0 Å². The zero-order valence-corrected chi connectivity index (χ0v) is 14.0. The molecule has 1 saturated heterocycles. The summed E-state index contributed by atoms with van der Waals surface area (Å²) in [5.41, 5.74) is 0. The number of hydrogen-bond donors (Lipinski definition) is 2. The molecule has 0 bridgehead atoms. The number of aromatic amines is 1. The number of ether oxygens (including phenoxy) is 1. The second-order valence-electron chi connectivity index (χ2n) is 5.12. The zero-order chi connectivity index (χ0) is 16.2. The largest absolute Gasteiger partial charge is 0.370 e. The average Bonchev–Trinajstić information content (AvgIpc) is 3.20. The normalized spacial score (nSPS) is 18.8. The van der Waals surface area contributed by atoms with E-state index in [0.717, 1.165) is 25.3 Å². The Morgan fingerprint density at radius 2 is 2.43 bits per heavy atom. The summed E-state index contributed by atoms with van der Waals surface area (Å²) in [6.45, 7) is 2.54. The molecule has 1 aliphatic heterocycles. The summed E-state index contributed by atoms with van der Waals surface area (Å²) >= 11 is 7.04. The van der Waals surface area contributed by atoms with Crippen LogP contribution in [0.4, 0.5) is 5.82 Å². The van der Waals surface area contributed by atoms with Crippen LogP contribution in [0, 0.1) is 0 Å². The van der Waals surface area contributed by atoms with Gasteiger partial charge in [0.25, 0.3) is 0 Å². The molecule has 0 radical (unpaired) electrons. The number of anilines is 1. The van der Waals surface area contributed by atoms with E-state index in [0.29, 0.717) is 16.0 Å². The summed E-state index contributed by atoms with van der Waals surface area (Å²) in [5, 5.41) is 10.4. The molecule has 9 heteroatoms. The van der Waals surface area contributed by atoms with Gasteiger partial charge < -0.3 is 10.1 Å². The van der Waals surface area contributed by atoms with Gasteiger partial charge in [0.2, 0.25) is 11.1 Å². The zero-order valence-electron chi connectivity index (χ0n) is 12.5. The predicted octanol–water partition coefficient (Wildman–Crippen LogP) is 2.82. The number of aromatic nitrogens is 4. The van der Waals surface area contributed by atoms with Gasteiger partial charge in [0.15, 0.2) is 5.82 Å². The average molecular weight is 354 g/mol. The van der Waals surface area contributed by atoms with Crippen molar-refractivity contribution >= 4 is 35.1 Å². The van der Waals surface area contributed by atoms with Crippen LogP contribution in [0.2, 0.25) is 5.02 Å². The number of rotatable bonds is 5. The number of pyridine rings is 1. The lowest BCUT2D eigenvalue weighted by Crippen LogP contribution is -2.23. The lowest BCUT2D eigenvalue weighted by molar-refractivity contribution is -0.115. The SMILES string of the molecule is C[C@@H](Sc1n[nH]c([C@@H]2CCCO2)n1)C(=O)Nc1ccc(Cl)cn1. The van der Waals surface area contributed by atoms with Crippen molar-refractivity contribution in [2.75, 3.05) is 11.9 Å². The molecule has 0 unspecified atom stereocenters. The lowest BCUT2D eigenvalue weighted by Gasteiger charge is -2.09. The Bertz CT molecular complexity index is 672. The van der Waals surface area contributed by atoms with Gasteiger partial charge in [-0.15, -0.1) is 5.10 Å². The number of hydrogen-bond acceptors (Lipinski definition) is 6. The topological polar surface area (TPSA) is 92.8 Å². The third kappa shape index (κ3) is 4.21. The number of H-pyrrole nitrogens is 1. The Hall–Kier alpha value is -1.64. The lowest BCUT2D eigenvalue weighted by atomic mass is 10.2. The highest BCUT2D eigenvalue weighted by Crippen LogP contribution is 2.28. The molecule has 7 nitrogen and oxygen atoms in total. The van der Waals surface area contributed by atoms with E-state index in [9.17, 15) is 4.79 Å². The van der Waals surface area contributed by atoms with Crippen LogP contribution in [-0.4, -0.2) is 37.9 Å². The molecule has 0 spiro atoms. The third-order valence-electron chi connectivity index (χ3n) is 3.35. The Morgan fingerprint density at radius 1 is 1.57 bits per heavy atom. The molecular weight excluding hydrogens is 338 g/mol. The molecule has 2 N–H and O–H groups in total. The van der Waals surface area contributed by atoms with E-state index in [-0.39, 0.29) is 17.3 Å². The van der Waals surface area contributed by atoms with E-state index in [2.05, 4.69) is 25.5 Å². The molecule has 0 aliphatic carbocycles. The Labute approximate surface area is 142 Å². The smallest absolute Gasteiger partial charge is 0.238 e. The summed E-state index contributed by atoms with van der Waals surface area (Å²) in [7, 11) is 0. The highest BCUT2D eigenvalue weighted by atomic mass is 35.5. The molecule has 2 atom stereocenters. The molecule has 2 aromatic heterocycles. The van der Waals surface area contributed by atoms with Crippen molar-refractivity contribution in [1.82, 2.24) is 20.2 Å².